The normalized spacial score (nSPS) is 10.1. The van der Waals surface area contributed by atoms with Crippen molar-refractivity contribution in [2.45, 2.75) is 6.42 Å². The van der Waals surface area contributed by atoms with Gasteiger partial charge in [0.05, 0.1) is 23.4 Å². The highest BCUT2D eigenvalue weighted by Crippen LogP contribution is 2.16. The minimum absolute atomic E-state index is 0.121. The molecule has 2 amide bonds. The van der Waals surface area contributed by atoms with Crippen LogP contribution >= 0.6 is 11.3 Å². The van der Waals surface area contributed by atoms with Crippen LogP contribution < -0.4 is 16.4 Å². The van der Waals surface area contributed by atoms with E-state index in [1.54, 1.807) is 36.7 Å². The maximum atomic E-state index is 11.9. The molecule has 0 spiro atoms. The van der Waals surface area contributed by atoms with Gasteiger partial charge >= 0.3 is 0 Å². The Balaban J connectivity index is 2.10. The monoisotopic (exact) mass is 290 g/mol. The summed E-state index contributed by atoms with van der Waals surface area (Å²) in [6.45, 7) is 0. The standard InChI is InChI=1S/C13H14N4O2S/c1-15-12(19)9-4-2-3-5-10(9)17-11(18)6-8-7-20-13(14)16-8/h2-5,7H,6H2,1H3,(H2,14,16)(H,15,19)(H,17,18). The van der Waals surface area contributed by atoms with Crippen LogP contribution in [-0.4, -0.2) is 23.8 Å². The minimum Gasteiger partial charge on any atom is -0.375 e. The molecule has 0 saturated carbocycles. The molecule has 1 aromatic carbocycles. The number of thiazole rings is 1. The van der Waals surface area contributed by atoms with Gasteiger partial charge in [0.15, 0.2) is 5.13 Å². The van der Waals surface area contributed by atoms with Crippen molar-refractivity contribution in [2.24, 2.45) is 0 Å². The number of nitrogens with one attached hydrogen (secondary N) is 2. The van der Waals surface area contributed by atoms with E-state index in [0.29, 0.717) is 22.1 Å². The van der Waals surface area contributed by atoms with Gasteiger partial charge in [-0.15, -0.1) is 11.3 Å². The molecule has 1 heterocycles. The van der Waals surface area contributed by atoms with Crippen molar-refractivity contribution in [3.05, 3.63) is 40.9 Å². The van der Waals surface area contributed by atoms with E-state index in [0.717, 1.165) is 0 Å². The van der Waals surface area contributed by atoms with Crippen LogP contribution in [0.25, 0.3) is 0 Å². The summed E-state index contributed by atoms with van der Waals surface area (Å²) in [7, 11) is 1.54. The largest absolute Gasteiger partial charge is 0.375 e. The summed E-state index contributed by atoms with van der Waals surface area (Å²) in [6, 6.07) is 6.82. The fourth-order valence-corrected chi connectivity index (χ4v) is 2.25. The number of carbonyl (C=O) groups excluding carboxylic acids is 2. The molecule has 0 atom stereocenters. The Kier molecular flexibility index (Phi) is 4.31. The van der Waals surface area contributed by atoms with Gasteiger partial charge in [0.2, 0.25) is 5.91 Å². The molecular weight excluding hydrogens is 276 g/mol. The molecule has 0 unspecified atom stereocenters. The first-order valence-corrected chi connectivity index (χ1v) is 6.79. The van der Waals surface area contributed by atoms with E-state index in [4.69, 9.17) is 5.73 Å². The zero-order chi connectivity index (χ0) is 14.5. The molecule has 20 heavy (non-hydrogen) atoms. The van der Waals surface area contributed by atoms with Gasteiger partial charge in [-0.2, -0.15) is 0 Å². The maximum absolute atomic E-state index is 11.9. The zero-order valence-corrected chi connectivity index (χ0v) is 11.7. The molecule has 2 aromatic rings. The van der Waals surface area contributed by atoms with Gasteiger partial charge in [-0.05, 0) is 12.1 Å². The molecule has 104 valence electrons. The number of para-hydroxylation sites is 1. The van der Waals surface area contributed by atoms with E-state index in [9.17, 15) is 9.59 Å². The Bertz CT molecular complexity index is 639. The number of hydrogen-bond acceptors (Lipinski definition) is 5. The second-order valence-corrected chi connectivity index (χ2v) is 4.92. The minimum atomic E-state index is -0.251. The van der Waals surface area contributed by atoms with Gasteiger partial charge < -0.3 is 16.4 Å². The summed E-state index contributed by atoms with van der Waals surface area (Å²) in [4.78, 5) is 27.6. The van der Waals surface area contributed by atoms with Crippen molar-refractivity contribution in [2.75, 3.05) is 18.1 Å². The smallest absolute Gasteiger partial charge is 0.253 e. The van der Waals surface area contributed by atoms with E-state index < -0.39 is 0 Å². The number of rotatable bonds is 4. The van der Waals surface area contributed by atoms with Crippen LogP contribution in [0.1, 0.15) is 16.1 Å². The lowest BCUT2D eigenvalue weighted by Gasteiger charge is -2.09. The van der Waals surface area contributed by atoms with E-state index in [2.05, 4.69) is 15.6 Å². The van der Waals surface area contributed by atoms with Gasteiger partial charge in [0, 0.05) is 12.4 Å². The number of nitrogen functional groups attached to an aromatic ring is 1. The summed E-state index contributed by atoms with van der Waals surface area (Å²) < 4.78 is 0. The summed E-state index contributed by atoms with van der Waals surface area (Å²) in [5.41, 5.74) is 7.01. The molecule has 2 rings (SSSR count). The fourth-order valence-electron chi connectivity index (χ4n) is 1.69. The van der Waals surface area contributed by atoms with E-state index in [1.165, 1.54) is 11.3 Å². The summed E-state index contributed by atoms with van der Waals surface area (Å²) in [5.74, 6) is -0.495. The topological polar surface area (TPSA) is 97.1 Å². The third-order valence-electron chi connectivity index (χ3n) is 2.58. The molecule has 4 N–H and O–H groups in total. The Morgan fingerprint density at radius 1 is 1.35 bits per heavy atom. The molecule has 7 heteroatoms. The maximum Gasteiger partial charge on any atom is 0.253 e. The van der Waals surface area contributed by atoms with Crippen LogP contribution in [0.2, 0.25) is 0 Å². The van der Waals surface area contributed by atoms with Crippen molar-refractivity contribution < 1.29 is 9.59 Å². The van der Waals surface area contributed by atoms with Gasteiger partial charge in [0.25, 0.3) is 5.91 Å². The average Bonchev–Trinajstić information content (AvgIpc) is 2.83. The van der Waals surface area contributed by atoms with Crippen molar-refractivity contribution in [3.63, 3.8) is 0 Å². The van der Waals surface area contributed by atoms with Crippen LogP contribution in [-0.2, 0) is 11.2 Å². The number of aromatic nitrogens is 1. The third kappa shape index (κ3) is 3.33. The molecular formula is C13H14N4O2S. The molecule has 0 aliphatic rings. The van der Waals surface area contributed by atoms with E-state index >= 15 is 0 Å². The number of benzene rings is 1. The lowest BCUT2D eigenvalue weighted by Crippen LogP contribution is -2.22. The SMILES string of the molecule is CNC(=O)c1ccccc1NC(=O)Cc1csc(N)n1. The van der Waals surface area contributed by atoms with Gasteiger partial charge in [-0.3, -0.25) is 9.59 Å². The van der Waals surface area contributed by atoms with Crippen molar-refractivity contribution in [3.8, 4) is 0 Å². The molecule has 1 aromatic heterocycles. The van der Waals surface area contributed by atoms with Crippen LogP contribution in [0.3, 0.4) is 0 Å². The Hall–Kier alpha value is -2.41. The molecule has 0 saturated heterocycles. The highest BCUT2D eigenvalue weighted by Gasteiger charge is 2.12. The highest BCUT2D eigenvalue weighted by molar-refractivity contribution is 7.13. The summed E-state index contributed by atoms with van der Waals surface area (Å²) in [6.07, 6.45) is 0.121. The summed E-state index contributed by atoms with van der Waals surface area (Å²) in [5, 5.41) is 7.40. The highest BCUT2D eigenvalue weighted by atomic mass is 32.1. The van der Waals surface area contributed by atoms with Gasteiger partial charge in [-0.1, -0.05) is 12.1 Å². The number of nitrogens with zero attached hydrogens (tertiary/aromatic N) is 1. The van der Waals surface area contributed by atoms with Crippen molar-refractivity contribution >= 4 is 34.0 Å². The average molecular weight is 290 g/mol. The second kappa shape index (κ2) is 6.16. The second-order valence-electron chi connectivity index (χ2n) is 4.03. The van der Waals surface area contributed by atoms with Crippen molar-refractivity contribution in [1.29, 1.82) is 0 Å². The molecule has 0 fully saturated rings. The Labute approximate surface area is 120 Å². The lowest BCUT2D eigenvalue weighted by molar-refractivity contribution is -0.115. The molecule has 6 nitrogen and oxygen atoms in total. The summed E-state index contributed by atoms with van der Waals surface area (Å²) >= 11 is 1.29. The van der Waals surface area contributed by atoms with E-state index in [1.807, 2.05) is 0 Å². The van der Waals surface area contributed by atoms with E-state index in [-0.39, 0.29) is 18.2 Å². The predicted molar refractivity (Wildman–Crippen MR) is 78.7 cm³/mol. The molecule has 0 radical (unpaired) electrons. The predicted octanol–water partition coefficient (Wildman–Crippen LogP) is 1.27. The fraction of sp³-hybridized carbons (Fsp3) is 0.154. The first-order chi connectivity index (χ1) is 9.60. The quantitative estimate of drug-likeness (QED) is 0.789. The lowest BCUT2D eigenvalue weighted by atomic mass is 10.1. The first kappa shape index (κ1) is 14.0. The number of anilines is 2. The van der Waals surface area contributed by atoms with Crippen molar-refractivity contribution in [1.82, 2.24) is 10.3 Å². The molecule has 0 bridgehead atoms. The zero-order valence-electron chi connectivity index (χ0n) is 10.8. The number of amides is 2. The molecule has 0 aliphatic carbocycles. The van der Waals surface area contributed by atoms with Crippen LogP contribution in [0.15, 0.2) is 29.6 Å². The molecule has 0 aliphatic heterocycles. The van der Waals surface area contributed by atoms with Crippen LogP contribution in [0.5, 0.6) is 0 Å². The first-order valence-electron chi connectivity index (χ1n) is 5.91. The van der Waals surface area contributed by atoms with Crippen LogP contribution in [0, 0.1) is 0 Å². The van der Waals surface area contributed by atoms with Gasteiger partial charge in [-0.25, -0.2) is 4.98 Å². The Morgan fingerprint density at radius 3 is 2.75 bits per heavy atom. The number of nitrogens with two attached hydrogens (primary N) is 1. The van der Waals surface area contributed by atoms with Gasteiger partial charge in [0.1, 0.15) is 0 Å². The number of carbonyl (C=O) groups is 2. The van der Waals surface area contributed by atoms with Crippen LogP contribution in [0.4, 0.5) is 10.8 Å². The number of hydrogen-bond donors (Lipinski definition) is 3. The third-order valence-corrected chi connectivity index (χ3v) is 3.31. The Morgan fingerprint density at radius 2 is 2.10 bits per heavy atom.